The fraction of sp³-hybridized carbons (Fsp3) is 0.233. The fourth-order valence-corrected chi connectivity index (χ4v) is 5.13. The molecule has 1 atom stereocenters. The molecule has 1 heterocycles. The summed E-state index contributed by atoms with van der Waals surface area (Å²) in [5.41, 5.74) is 11.6. The van der Waals surface area contributed by atoms with Gasteiger partial charge in [0.25, 0.3) is 5.91 Å². The van der Waals surface area contributed by atoms with E-state index in [1.54, 1.807) is 19.3 Å². The number of anilines is 2. The summed E-state index contributed by atoms with van der Waals surface area (Å²) >= 11 is 1.49. The van der Waals surface area contributed by atoms with Gasteiger partial charge in [-0.25, -0.2) is 0 Å². The standard InChI is InChI=1S/C30H30N4O3S/c1-17-12-23(18(2)33-26-7-5-4-6-22(26)30(36)34-38-21-9-10-21)29-24(13-17)27(35)15-28(37-29)19-8-11-25(31)20(14-19)16-32-3/h4-8,11-16,18,21,33H,9-10,31H2,1-3H3,(H,34,36)/t18-/m1/s1. The summed E-state index contributed by atoms with van der Waals surface area (Å²) in [6.45, 7) is 3.95. The first-order valence-corrected chi connectivity index (χ1v) is 13.4. The van der Waals surface area contributed by atoms with E-state index in [-0.39, 0.29) is 17.4 Å². The van der Waals surface area contributed by atoms with Crippen LogP contribution in [-0.2, 0) is 0 Å². The maximum Gasteiger partial charge on any atom is 0.263 e. The van der Waals surface area contributed by atoms with Gasteiger partial charge in [-0.05, 0) is 80.6 Å². The number of aliphatic imine (C=N–C) groups is 1. The van der Waals surface area contributed by atoms with E-state index in [2.05, 4.69) is 15.0 Å². The van der Waals surface area contributed by atoms with Crippen LogP contribution in [0.25, 0.3) is 22.3 Å². The van der Waals surface area contributed by atoms with Crippen molar-refractivity contribution in [2.75, 3.05) is 18.1 Å². The van der Waals surface area contributed by atoms with Crippen LogP contribution in [0, 0.1) is 6.92 Å². The lowest BCUT2D eigenvalue weighted by Gasteiger charge is -2.20. The summed E-state index contributed by atoms with van der Waals surface area (Å²) in [5.74, 6) is 0.317. The van der Waals surface area contributed by atoms with E-state index in [1.807, 2.05) is 62.4 Å². The number of nitrogens with one attached hydrogen (secondary N) is 2. The first-order chi connectivity index (χ1) is 18.3. The van der Waals surface area contributed by atoms with Gasteiger partial charge in [-0.2, -0.15) is 0 Å². The van der Waals surface area contributed by atoms with Crippen molar-refractivity contribution in [3.8, 4) is 11.3 Å². The quantitative estimate of drug-likeness (QED) is 0.145. The normalized spacial score (nSPS) is 14.1. The zero-order valence-corrected chi connectivity index (χ0v) is 22.4. The monoisotopic (exact) mass is 526 g/mol. The van der Waals surface area contributed by atoms with Crippen LogP contribution in [0.15, 0.2) is 74.9 Å². The largest absolute Gasteiger partial charge is 0.455 e. The molecule has 4 N–H and O–H groups in total. The molecule has 1 aliphatic carbocycles. The van der Waals surface area contributed by atoms with Gasteiger partial charge >= 0.3 is 0 Å². The Morgan fingerprint density at radius 1 is 1.16 bits per heavy atom. The average Bonchev–Trinajstić information content (AvgIpc) is 3.73. The Bertz CT molecular complexity index is 1610. The minimum atomic E-state index is -0.255. The maximum absolute atomic E-state index is 13.2. The van der Waals surface area contributed by atoms with E-state index in [9.17, 15) is 9.59 Å². The molecule has 38 heavy (non-hydrogen) atoms. The number of nitrogen functional groups attached to an aromatic ring is 1. The van der Waals surface area contributed by atoms with Gasteiger partial charge in [0, 0.05) is 52.6 Å². The first kappa shape index (κ1) is 25.6. The minimum Gasteiger partial charge on any atom is -0.455 e. The minimum absolute atomic E-state index is 0.127. The predicted molar refractivity (Wildman–Crippen MR) is 157 cm³/mol. The molecule has 8 heteroatoms. The van der Waals surface area contributed by atoms with E-state index in [0.29, 0.717) is 38.9 Å². The second-order valence-electron chi connectivity index (χ2n) is 9.60. The third kappa shape index (κ3) is 5.45. The number of aryl methyl sites for hydroxylation is 1. The van der Waals surface area contributed by atoms with Crippen molar-refractivity contribution in [2.45, 2.75) is 38.0 Å². The van der Waals surface area contributed by atoms with Crippen LogP contribution in [0.1, 0.15) is 52.9 Å². The highest BCUT2D eigenvalue weighted by Gasteiger charge is 2.24. The molecule has 0 radical (unpaired) electrons. The summed E-state index contributed by atoms with van der Waals surface area (Å²) in [6.07, 6.45) is 3.95. The SMILES string of the molecule is CN=Cc1cc(-c2cc(=O)c3cc(C)cc([C@@H](C)Nc4ccccc4C(=O)NSC4CC4)c3o2)ccc1N. The van der Waals surface area contributed by atoms with Crippen molar-refractivity contribution in [1.82, 2.24) is 4.72 Å². The molecule has 0 spiro atoms. The van der Waals surface area contributed by atoms with Crippen LogP contribution < -0.4 is 21.2 Å². The third-order valence-electron chi connectivity index (χ3n) is 6.49. The molecule has 0 saturated heterocycles. The molecule has 1 amide bonds. The van der Waals surface area contributed by atoms with Gasteiger partial charge < -0.3 is 15.5 Å². The van der Waals surface area contributed by atoms with Crippen LogP contribution in [-0.4, -0.2) is 24.4 Å². The van der Waals surface area contributed by atoms with Crippen molar-refractivity contribution in [3.05, 3.63) is 93.1 Å². The van der Waals surface area contributed by atoms with Crippen molar-refractivity contribution in [1.29, 1.82) is 0 Å². The topological polar surface area (TPSA) is 110 Å². The predicted octanol–water partition coefficient (Wildman–Crippen LogP) is 6.11. The van der Waals surface area contributed by atoms with Crippen LogP contribution in [0.2, 0.25) is 0 Å². The molecule has 194 valence electrons. The number of fused-ring (bicyclic) bond motifs is 1. The number of amides is 1. The lowest BCUT2D eigenvalue weighted by atomic mass is 10.00. The summed E-state index contributed by atoms with van der Waals surface area (Å²) in [7, 11) is 1.68. The van der Waals surface area contributed by atoms with Gasteiger partial charge in [-0.15, -0.1) is 0 Å². The van der Waals surface area contributed by atoms with Crippen molar-refractivity contribution in [3.63, 3.8) is 0 Å². The fourth-order valence-electron chi connectivity index (χ4n) is 4.37. The van der Waals surface area contributed by atoms with Crippen LogP contribution in [0.5, 0.6) is 0 Å². The Labute approximate surface area is 225 Å². The molecule has 5 rings (SSSR count). The van der Waals surface area contributed by atoms with Gasteiger partial charge in [0.05, 0.1) is 17.0 Å². The van der Waals surface area contributed by atoms with Gasteiger partial charge in [-0.1, -0.05) is 18.2 Å². The average molecular weight is 527 g/mol. The zero-order valence-electron chi connectivity index (χ0n) is 21.6. The molecule has 7 nitrogen and oxygen atoms in total. The van der Waals surface area contributed by atoms with Crippen LogP contribution in [0.4, 0.5) is 11.4 Å². The number of nitrogens with two attached hydrogens (primary N) is 1. The zero-order chi connectivity index (χ0) is 26.8. The molecule has 4 aromatic rings. The molecule has 1 fully saturated rings. The number of para-hydroxylation sites is 1. The highest BCUT2D eigenvalue weighted by molar-refractivity contribution is 7.98. The highest BCUT2D eigenvalue weighted by Crippen LogP contribution is 2.34. The van der Waals surface area contributed by atoms with Crippen LogP contribution >= 0.6 is 11.9 Å². The summed E-state index contributed by atoms with van der Waals surface area (Å²) in [4.78, 5) is 30.2. The number of nitrogens with zero attached hydrogens (tertiary/aromatic N) is 1. The first-order valence-electron chi connectivity index (χ1n) is 12.6. The van der Waals surface area contributed by atoms with Gasteiger partial charge in [0.1, 0.15) is 11.3 Å². The van der Waals surface area contributed by atoms with Crippen LogP contribution in [0.3, 0.4) is 0 Å². The third-order valence-corrected chi connectivity index (χ3v) is 7.60. The summed E-state index contributed by atoms with van der Waals surface area (Å²) in [6, 6.07) is 18.0. The number of benzene rings is 3. The Morgan fingerprint density at radius 3 is 2.71 bits per heavy atom. The van der Waals surface area contributed by atoms with Crippen molar-refractivity contribution < 1.29 is 9.21 Å². The number of hydrogen-bond donors (Lipinski definition) is 3. The van der Waals surface area contributed by atoms with Gasteiger partial charge in [0.15, 0.2) is 5.43 Å². The van der Waals surface area contributed by atoms with E-state index >= 15 is 0 Å². The smallest absolute Gasteiger partial charge is 0.263 e. The van der Waals surface area contributed by atoms with E-state index < -0.39 is 0 Å². The Morgan fingerprint density at radius 2 is 1.95 bits per heavy atom. The Balaban J connectivity index is 1.53. The van der Waals surface area contributed by atoms with Crippen molar-refractivity contribution in [2.24, 2.45) is 4.99 Å². The molecule has 1 aliphatic rings. The highest BCUT2D eigenvalue weighted by atomic mass is 32.2. The van der Waals surface area contributed by atoms with E-state index in [1.165, 1.54) is 18.0 Å². The number of carbonyl (C=O) groups excluding carboxylic acids is 1. The Hall–Kier alpha value is -4.04. The number of hydrogen-bond acceptors (Lipinski definition) is 7. The number of rotatable bonds is 8. The summed E-state index contributed by atoms with van der Waals surface area (Å²) < 4.78 is 9.35. The lowest BCUT2D eigenvalue weighted by Crippen LogP contribution is -2.19. The maximum atomic E-state index is 13.2. The van der Waals surface area contributed by atoms with E-state index in [4.69, 9.17) is 10.2 Å². The molecule has 0 unspecified atom stereocenters. The molecule has 0 aliphatic heterocycles. The van der Waals surface area contributed by atoms with Crippen molar-refractivity contribution >= 4 is 46.4 Å². The lowest BCUT2D eigenvalue weighted by molar-refractivity contribution is 0.0985. The molecular formula is C30H30N4O3S. The molecule has 0 bridgehead atoms. The molecule has 1 aromatic heterocycles. The molecular weight excluding hydrogens is 496 g/mol. The second kappa shape index (κ2) is 10.8. The second-order valence-corrected chi connectivity index (χ2v) is 10.7. The van der Waals surface area contributed by atoms with Gasteiger partial charge in [-0.3, -0.25) is 19.3 Å². The molecule has 3 aromatic carbocycles. The van der Waals surface area contributed by atoms with E-state index in [0.717, 1.165) is 35.1 Å². The van der Waals surface area contributed by atoms with Gasteiger partial charge in [0.2, 0.25) is 0 Å². The Kier molecular flexibility index (Phi) is 7.24. The number of carbonyl (C=O) groups is 1. The molecule has 1 saturated carbocycles. The summed E-state index contributed by atoms with van der Waals surface area (Å²) in [5, 5.41) is 4.50.